The summed E-state index contributed by atoms with van der Waals surface area (Å²) in [4.78, 5) is 18.2. The number of nitrogens with one attached hydrogen (secondary N) is 2. The predicted octanol–water partition coefficient (Wildman–Crippen LogP) is 6.81. The Kier molecular flexibility index (Phi) is 14.8. The first-order chi connectivity index (χ1) is 32.0. The number of carbonyl (C=O) groups is 1. The normalized spacial score (nSPS) is 12.0. The molecule has 18 nitrogen and oxygen atoms in total. The number of para-hydroxylation sites is 1. The van der Waals surface area contributed by atoms with Crippen LogP contribution < -0.4 is 30.0 Å². The van der Waals surface area contributed by atoms with Gasteiger partial charge in [-0.3, -0.25) is 4.72 Å². The number of thiazole rings is 1. The lowest BCUT2D eigenvalue weighted by molar-refractivity contribution is 0.144. The Morgan fingerprint density at radius 3 is 1.91 bits per heavy atom. The molecule has 7 aromatic rings. The molecule has 352 valence electrons. The number of methoxy groups -OCH3 is 3. The van der Waals surface area contributed by atoms with Crippen LogP contribution in [0, 0.1) is 0 Å². The van der Waals surface area contributed by atoms with Crippen LogP contribution in [0.5, 0.6) is 17.2 Å². The first-order valence-corrected chi connectivity index (χ1v) is 24.8. The second-order valence-electron chi connectivity index (χ2n) is 16.2. The molecule has 0 aliphatic carbocycles. The van der Waals surface area contributed by atoms with E-state index in [1.54, 1.807) is 101 Å². The third-order valence-corrected chi connectivity index (χ3v) is 14.4. The molecule has 0 fully saturated rings. The quantitative estimate of drug-likeness (QED) is 0.0756. The smallest absolute Gasteiger partial charge is 0.407 e. The second-order valence-corrected chi connectivity index (χ2v) is 21.1. The van der Waals surface area contributed by atoms with Crippen LogP contribution in [0.3, 0.4) is 0 Å². The Bertz CT molecular complexity index is 3020. The minimum absolute atomic E-state index is 0.0498. The fourth-order valence-electron chi connectivity index (χ4n) is 7.01. The number of nitrogens with zero attached hydrogens (tertiary/aromatic N) is 6. The van der Waals surface area contributed by atoms with Crippen molar-refractivity contribution in [1.29, 1.82) is 0 Å². The minimum Gasteiger partial charge on any atom is -0.497 e. The third-order valence-electron chi connectivity index (χ3n) is 10.2. The van der Waals surface area contributed by atoms with Gasteiger partial charge in [0.05, 0.1) is 49.3 Å². The number of fused-ring (bicyclic) bond motifs is 1. The first kappa shape index (κ1) is 48.3. The Labute approximate surface area is 393 Å². The van der Waals surface area contributed by atoms with Crippen molar-refractivity contribution in [2.75, 3.05) is 38.4 Å². The molecule has 1 amide bonds. The highest BCUT2D eigenvalue weighted by molar-refractivity contribution is 7.93. The molecule has 0 saturated carbocycles. The molecule has 5 aromatic carbocycles. The number of carbonyl (C=O) groups excluding carboxylic acids is 1. The van der Waals surface area contributed by atoms with Crippen molar-refractivity contribution in [3.8, 4) is 39.8 Å². The standard InChI is InChI=1S/C46H51N9O9S3/c1-46(2,3)49-45(56)64-24-25-66(57,58)52-38-23-22-36(37-8-7-9-39-42(37)48-40(26-47)65-39)41(44-50-53-55(51-44)29-32-14-20-35(63-6)21-15-32)43(38)67(59,60)54(27-30-10-16-33(61-4)17-11-30)28-31-12-18-34(62-5)19-13-31/h7-23,52H,24-29,47H2,1-6H3,(H,49,56). The minimum atomic E-state index is -4.83. The molecule has 21 heteroatoms. The van der Waals surface area contributed by atoms with Gasteiger partial charge in [0.2, 0.25) is 25.9 Å². The molecule has 0 atom stereocenters. The van der Waals surface area contributed by atoms with Crippen LogP contribution >= 0.6 is 11.3 Å². The number of aromatic nitrogens is 5. The van der Waals surface area contributed by atoms with Crippen LogP contribution in [-0.4, -0.2) is 91.7 Å². The Morgan fingerprint density at radius 2 is 1.36 bits per heavy atom. The number of anilines is 1. The molecule has 0 radical (unpaired) electrons. The van der Waals surface area contributed by atoms with E-state index in [9.17, 15) is 13.2 Å². The van der Waals surface area contributed by atoms with Gasteiger partial charge < -0.3 is 30.0 Å². The highest BCUT2D eigenvalue weighted by atomic mass is 32.2. The molecular formula is C46H51N9O9S3. The van der Waals surface area contributed by atoms with Crippen LogP contribution in [0.2, 0.25) is 0 Å². The fraction of sp³-hybridized carbons (Fsp3) is 0.283. The van der Waals surface area contributed by atoms with Crippen LogP contribution in [-0.2, 0) is 51.0 Å². The predicted molar refractivity (Wildman–Crippen MR) is 256 cm³/mol. The summed E-state index contributed by atoms with van der Waals surface area (Å²) in [6, 6.07) is 29.6. The molecule has 0 spiro atoms. The summed E-state index contributed by atoms with van der Waals surface area (Å²) in [6.45, 7) is 4.70. The summed E-state index contributed by atoms with van der Waals surface area (Å²) in [6.07, 6.45) is -0.817. The number of amides is 1. The van der Waals surface area contributed by atoms with Crippen LogP contribution in [0.15, 0.2) is 108 Å². The zero-order chi connectivity index (χ0) is 47.9. The van der Waals surface area contributed by atoms with Crippen molar-refractivity contribution in [3.05, 3.63) is 125 Å². The van der Waals surface area contributed by atoms with Gasteiger partial charge in [0, 0.05) is 30.7 Å². The summed E-state index contributed by atoms with van der Waals surface area (Å²) in [7, 11) is -4.63. The zero-order valence-electron chi connectivity index (χ0n) is 37.7. The van der Waals surface area contributed by atoms with Gasteiger partial charge in [0.15, 0.2) is 0 Å². The van der Waals surface area contributed by atoms with Crippen molar-refractivity contribution in [2.24, 2.45) is 5.73 Å². The van der Waals surface area contributed by atoms with Gasteiger partial charge in [0.1, 0.15) is 39.5 Å². The number of tetrazole rings is 1. The van der Waals surface area contributed by atoms with Crippen molar-refractivity contribution >= 4 is 53.4 Å². The van der Waals surface area contributed by atoms with Crippen molar-refractivity contribution in [2.45, 2.75) is 57.4 Å². The lowest BCUT2D eigenvalue weighted by Crippen LogP contribution is -2.41. The summed E-state index contributed by atoms with van der Waals surface area (Å²) < 4.78 is 86.0. The van der Waals surface area contributed by atoms with Gasteiger partial charge in [-0.1, -0.05) is 54.6 Å². The van der Waals surface area contributed by atoms with E-state index in [0.29, 0.717) is 50.0 Å². The van der Waals surface area contributed by atoms with E-state index in [4.69, 9.17) is 34.8 Å². The molecule has 0 bridgehead atoms. The summed E-state index contributed by atoms with van der Waals surface area (Å²) in [5.41, 5.74) is 8.42. The summed E-state index contributed by atoms with van der Waals surface area (Å²) in [5.74, 6) is 0.955. The monoisotopic (exact) mass is 969 g/mol. The van der Waals surface area contributed by atoms with Gasteiger partial charge in [-0.2, -0.15) is 9.10 Å². The Hall–Kier alpha value is -6.65. The molecule has 7 rings (SSSR count). The van der Waals surface area contributed by atoms with Crippen molar-refractivity contribution in [3.63, 3.8) is 0 Å². The van der Waals surface area contributed by atoms with Gasteiger partial charge in [-0.25, -0.2) is 26.6 Å². The molecule has 0 aliphatic heterocycles. The maximum absolute atomic E-state index is 16.0. The zero-order valence-corrected chi connectivity index (χ0v) is 40.2. The number of alkyl carbamates (subject to hydrolysis) is 1. The average molecular weight is 970 g/mol. The van der Waals surface area contributed by atoms with Crippen molar-refractivity contribution < 1.29 is 40.6 Å². The van der Waals surface area contributed by atoms with Crippen LogP contribution in [0.4, 0.5) is 10.5 Å². The maximum atomic E-state index is 16.0. The van der Waals surface area contributed by atoms with E-state index in [1.807, 2.05) is 24.3 Å². The third kappa shape index (κ3) is 11.8. The largest absolute Gasteiger partial charge is 0.497 e. The molecular weight excluding hydrogens is 919 g/mol. The number of sulfonamides is 2. The molecule has 4 N–H and O–H groups in total. The van der Waals surface area contributed by atoms with Gasteiger partial charge >= 0.3 is 6.09 Å². The maximum Gasteiger partial charge on any atom is 0.407 e. The Balaban J connectivity index is 1.45. The van der Waals surface area contributed by atoms with Gasteiger partial charge in [0.25, 0.3) is 0 Å². The van der Waals surface area contributed by atoms with E-state index in [2.05, 4.69) is 20.4 Å². The highest BCUT2D eigenvalue weighted by Gasteiger charge is 2.36. The highest BCUT2D eigenvalue weighted by Crippen LogP contribution is 2.44. The summed E-state index contributed by atoms with van der Waals surface area (Å²) >= 11 is 1.39. The SMILES string of the molecule is COc1ccc(CN(Cc2ccc(OC)cc2)S(=O)(=O)c2c(NS(=O)(=O)CCOC(=O)NC(C)(C)C)ccc(-c3cccc4sc(CN)nc34)c2-c2nnn(Cc3ccc(OC)cc3)n2)cc1. The molecule has 2 aromatic heterocycles. The first-order valence-electron chi connectivity index (χ1n) is 20.9. The molecule has 0 unspecified atom stereocenters. The number of ether oxygens (including phenoxy) is 4. The number of nitrogens with two attached hydrogens (primary N) is 1. The van der Waals surface area contributed by atoms with E-state index in [-0.39, 0.29) is 43.3 Å². The number of rotatable bonds is 19. The number of hydrogen-bond acceptors (Lipinski definition) is 15. The second kappa shape index (κ2) is 20.5. The molecule has 67 heavy (non-hydrogen) atoms. The van der Waals surface area contributed by atoms with Gasteiger partial charge in [-0.05, 0) is 96.8 Å². The van der Waals surface area contributed by atoms with Crippen molar-refractivity contribution in [1.82, 2.24) is 34.8 Å². The average Bonchev–Trinajstić information content (AvgIpc) is 3.96. The lowest BCUT2D eigenvalue weighted by Gasteiger charge is -2.26. The van der Waals surface area contributed by atoms with E-state index in [0.717, 1.165) is 10.3 Å². The van der Waals surface area contributed by atoms with E-state index >= 15 is 8.42 Å². The topological polar surface area (TPSA) is 232 Å². The summed E-state index contributed by atoms with van der Waals surface area (Å²) in [5, 5.41) is 16.8. The van der Waals surface area contributed by atoms with Gasteiger partial charge in [-0.15, -0.1) is 21.5 Å². The number of hydrogen-bond donors (Lipinski definition) is 3. The Morgan fingerprint density at radius 1 is 0.776 bits per heavy atom. The molecule has 0 saturated heterocycles. The van der Waals surface area contributed by atoms with Crippen LogP contribution in [0.25, 0.3) is 32.7 Å². The van der Waals surface area contributed by atoms with E-state index < -0.39 is 48.9 Å². The molecule has 2 heterocycles. The fourth-order valence-corrected chi connectivity index (χ4v) is 10.6. The lowest BCUT2D eigenvalue weighted by atomic mass is 9.97. The van der Waals surface area contributed by atoms with Crippen LogP contribution in [0.1, 0.15) is 42.5 Å². The molecule has 0 aliphatic rings. The number of benzene rings is 5. The van der Waals surface area contributed by atoms with E-state index in [1.165, 1.54) is 40.7 Å².